The van der Waals surface area contributed by atoms with Crippen LogP contribution in [0.5, 0.6) is 0 Å². The first-order chi connectivity index (χ1) is 9.36. The van der Waals surface area contributed by atoms with Crippen molar-refractivity contribution in [2.45, 2.75) is 25.6 Å². The highest BCUT2D eigenvalue weighted by atomic mass is 19.4. The molecule has 6 heteroatoms. The fraction of sp³-hybridized carbons (Fsp3) is 0.500. The zero-order valence-corrected chi connectivity index (χ0v) is 11.0. The summed E-state index contributed by atoms with van der Waals surface area (Å²) in [6.45, 7) is -1.17. The molecule has 110 valence electrons. The number of benzene rings is 1. The van der Waals surface area contributed by atoms with Crippen molar-refractivity contribution in [2.75, 3.05) is 13.1 Å². The standard InChI is InChI=1S/C14H17F3N2O/c15-14(16,17)10-19(8-11-4-2-1-3-5-11)12(20)13(9-18)6-7-13/h1-5H,6-10,18H2. The van der Waals surface area contributed by atoms with Crippen LogP contribution in [-0.2, 0) is 11.3 Å². The Morgan fingerprint density at radius 3 is 2.30 bits per heavy atom. The summed E-state index contributed by atoms with van der Waals surface area (Å²) < 4.78 is 38.0. The summed E-state index contributed by atoms with van der Waals surface area (Å²) in [7, 11) is 0. The van der Waals surface area contributed by atoms with E-state index in [4.69, 9.17) is 5.73 Å². The van der Waals surface area contributed by atoms with Gasteiger partial charge in [-0.25, -0.2) is 0 Å². The lowest BCUT2D eigenvalue weighted by Gasteiger charge is -2.27. The van der Waals surface area contributed by atoms with Gasteiger partial charge in [-0.15, -0.1) is 0 Å². The molecular weight excluding hydrogens is 269 g/mol. The third-order valence-corrected chi connectivity index (χ3v) is 3.57. The highest BCUT2D eigenvalue weighted by Crippen LogP contribution is 2.46. The van der Waals surface area contributed by atoms with Crippen molar-refractivity contribution in [3.8, 4) is 0 Å². The molecule has 1 aromatic carbocycles. The molecule has 2 rings (SSSR count). The van der Waals surface area contributed by atoms with Crippen LogP contribution in [-0.4, -0.2) is 30.1 Å². The van der Waals surface area contributed by atoms with E-state index in [1.807, 2.05) is 0 Å². The molecule has 0 atom stereocenters. The lowest BCUT2D eigenvalue weighted by Crippen LogP contribution is -2.44. The zero-order chi connectivity index (χ0) is 14.8. The van der Waals surface area contributed by atoms with Crippen LogP contribution in [0.1, 0.15) is 18.4 Å². The molecule has 1 aromatic rings. The lowest BCUT2D eigenvalue weighted by atomic mass is 10.1. The smallest absolute Gasteiger partial charge is 0.329 e. The topological polar surface area (TPSA) is 46.3 Å². The molecule has 0 aliphatic heterocycles. The summed E-state index contributed by atoms with van der Waals surface area (Å²) in [5, 5.41) is 0. The van der Waals surface area contributed by atoms with E-state index in [1.54, 1.807) is 30.3 Å². The second kappa shape index (κ2) is 5.44. The van der Waals surface area contributed by atoms with E-state index in [0.717, 1.165) is 4.90 Å². The van der Waals surface area contributed by atoms with Crippen molar-refractivity contribution in [3.63, 3.8) is 0 Å². The molecule has 1 fully saturated rings. The number of hydrogen-bond donors (Lipinski definition) is 1. The van der Waals surface area contributed by atoms with Gasteiger partial charge < -0.3 is 10.6 Å². The number of alkyl halides is 3. The van der Waals surface area contributed by atoms with Gasteiger partial charge in [0.15, 0.2) is 0 Å². The molecule has 0 aromatic heterocycles. The first kappa shape index (κ1) is 14.8. The molecule has 1 aliphatic carbocycles. The highest BCUT2D eigenvalue weighted by molar-refractivity contribution is 5.85. The predicted octanol–water partition coefficient (Wildman–Crippen LogP) is 2.32. The zero-order valence-electron chi connectivity index (χ0n) is 11.0. The van der Waals surface area contributed by atoms with E-state index in [-0.39, 0.29) is 13.1 Å². The molecule has 3 nitrogen and oxygen atoms in total. The van der Waals surface area contributed by atoms with Gasteiger partial charge in [0, 0.05) is 13.1 Å². The van der Waals surface area contributed by atoms with Gasteiger partial charge in [0.2, 0.25) is 5.91 Å². The van der Waals surface area contributed by atoms with Crippen molar-refractivity contribution in [3.05, 3.63) is 35.9 Å². The van der Waals surface area contributed by atoms with E-state index in [0.29, 0.717) is 18.4 Å². The number of carbonyl (C=O) groups is 1. The molecule has 1 amide bonds. The highest BCUT2D eigenvalue weighted by Gasteiger charge is 2.51. The van der Waals surface area contributed by atoms with Crippen LogP contribution in [0, 0.1) is 5.41 Å². The van der Waals surface area contributed by atoms with Gasteiger partial charge in [0.25, 0.3) is 0 Å². The summed E-state index contributed by atoms with van der Waals surface area (Å²) in [4.78, 5) is 13.2. The largest absolute Gasteiger partial charge is 0.406 e. The minimum absolute atomic E-state index is 0.0407. The van der Waals surface area contributed by atoms with Gasteiger partial charge >= 0.3 is 6.18 Å². The van der Waals surface area contributed by atoms with Crippen molar-refractivity contribution in [1.29, 1.82) is 0 Å². The lowest BCUT2D eigenvalue weighted by molar-refractivity contribution is -0.165. The molecule has 1 saturated carbocycles. The molecule has 1 aliphatic rings. The van der Waals surface area contributed by atoms with Crippen LogP contribution >= 0.6 is 0 Å². The molecule has 0 spiro atoms. The second-order valence-corrected chi connectivity index (χ2v) is 5.25. The third-order valence-electron chi connectivity index (χ3n) is 3.57. The fourth-order valence-corrected chi connectivity index (χ4v) is 2.21. The number of nitrogens with two attached hydrogens (primary N) is 1. The van der Waals surface area contributed by atoms with Gasteiger partial charge in [0.05, 0.1) is 5.41 Å². The number of hydrogen-bond acceptors (Lipinski definition) is 2. The first-order valence-electron chi connectivity index (χ1n) is 6.46. The molecule has 20 heavy (non-hydrogen) atoms. The predicted molar refractivity (Wildman–Crippen MR) is 68.6 cm³/mol. The number of nitrogens with zero attached hydrogens (tertiary/aromatic N) is 1. The average molecular weight is 286 g/mol. The van der Waals surface area contributed by atoms with Crippen LogP contribution in [0.3, 0.4) is 0 Å². The third kappa shape index (κ3) is 3.50. The Morgan fingerprint density at radius 1 is 1.25 bits per heavy atom. The first-order valence-corrected chi connectivity index (χ1v) is 6.46. The summed E-state index contributed by atoms with van der Waals surface area (Å²) in [5.74, 6) is -0.485. The number of carbonyl (C=O) groups excluding carboxylic acids is 1. The Labute approximate surface area is 115 Å². The normalized spacial score (nSPS) is 16.8. The Kier molecular flexibility index (Phi) is 4.04. The van der Waals surface area contributed by atoms with Crippen LogP contribution in [0.4, 0.5) is 13.2 Å². The van der Waals surface area contributed by atoms with Gasteiger partial charge in [-0.1, -0.05) is 30.3 Å². The van der Waals surface area contributed by atoms with E-state index >= 15 is 0 Å². The SMILES string of the molecule is NCC1(C(=O)N(Cc2ccccc2)CC(F)(F)F)CC1. The molecule has 0 heterocycles. The molecule has 0 unspecified atom stereocenters. The van der Waals surface area contributed by atoms with Crippen LogP contribution in [0.2, 0.25) is 0 Å². The monoisotopic (exact) mass is 286 g/mol. The Morgan fingerprint density at radius 2 is 1.85 bits per heavy atom. The maximum absolute atomic E-state index is 12.7. The number of halogens is 3. The quantitative estimate of drug-likeness (QED) is 0.903. The van der Waals surface area contributed by atoms with E-state index in [1.165, 1.54) is 0 Å². The van der Waals surface area contributed by atoms with Crippen LogP contribution in [0.25, 0.3) is 0 Å². The summed E-state index contributed by atoms with van der Waals surface area (Å²) in [6, 6.07) is 8.67. The molecule has 0 bridgehead atoms. The van der Waals surface area contributed by atoms with Crippen LogP contribution in [0.15, 0.2) is 30.3 Å². The van der Waals surface area contributed by atoms with Gasteiger partial charge in [0.1, 0.15) is 6.54 Å². The Bertz CT molecular complexity index is 469. The van der Waals surface area contributed by atoms with Crippen LogP contribution < -0.4 is 5.73 Å². The maximum atomic E-state index is 12.7. The minimum atomic E-state index is -4.41. The molecule has 2 N–H and O–H groups in total. The summed E-state index contributed by atoms with van der Waals surface area (Å²) >= 11 is 0. The minimum Gasteiger partial charge on any atom is -0.329 e. The van der Waals surface area contributed by atoms with Gasteiger partial charge in [-0.05, 0) is 18.4 Å². The summed E-state index contributed by atoms with van der Waals surface area (Å²) in [6.07, 6.45) is -3.26. The van der Waals surface area contributed by atoms with Crippen molar-refractivity contribution < 1.29 is 18.0 Å². The fourth-order valence-electron chi connectivity index (χ4n) is 2.21. The van der Waals surface area contributed by atoms with E-state index in [9.17, 15) is 18.0 Å². The maximum Gasteiger partial charge on any atom is 0.406 e. The molecule has 0 radical (unpaired) electrons. The van der Waals surface area contributed by atoms with E-state index < -0.39 is 24.0 Å². The van der Waals surface area contributed by atoms with Gasteiger partial charge in [-0.2, -0.15) is 13.2 Å². The Balaban J connectivity index is 2.15. The number of rotatable bonds is 5. The summed E-state index contributed by atoms with van der Waals surface area (Å²) in [5.41, 5.74) is 5.45. The molecule has 0 saturated heterocycles. The average Bonchev–Trinajstić information content (AvgIpc) is 3.18. The van der Waals surface area contributed by atoms with Gasteiger partial charge in [-0.3, -0.25) is 4.79 Å². The molecular formula is C14H17F3N2O. The number of amides is 1. The Hall–Kier alpha value is -1.56. The van der Waals surface area contributed by atoms with E-state index in [2.05, 4.69) is 0 Å². The second-order valence-electron chi connectivity index (χ2n) is 5.25. The van der Waals surface area contributed by atoms with Crippen molar-refractivity contribution in [1.82, 2.24) is 4.90 Å². The van der Waals surface area contributed by atoms with Crippen molar-refractivity contribution in [2.24, 2.45) is 11.1 Å². The van der Waals surface area contributed by atoms with Crippen molar-refractivity contribution >= 4 is 5.91 Å².